The van der Waals surface area contributed by atoms with Crippen LogP contribution in [0.4, 0.5) is 17.5 Å². The lowest BCUT2D eigenvalue weighted by molar-refractivity contribution is -0.141. The van der Waals surface area contributed by atoms with Gasteiger partial charge in [0.2, 0.25) is 5.95 Å². The number of aromatic nitrogens is 2. The van der Waals surface area contributed by atoms with Gasteiger partial charge >= 0.3 is 5.97 Å². The predicted molar refractivity (Wildman–Crippen MR) is 145 cm³/mol. The lowest BCUT2D eigenvalue weighted by Gasteiger charge is -2.28. The lowest BCUT2D eigenvalue weighted by Crippen LogP contribution is -2.26. The molecule has 0 spiro atoms. The summed E-state index contributed by atoms with van der Waals surface area (Å²) >= 11 is 0. The first-order valence-electron chi connectivity index (χ1n) is 13.4. The Morgan fingerprint density at radius 3 is 2.40 bits per heavy atom. The molecule has 1 aliphatic heterocycles. The zero-order valence-corrected chi connectivity index (χ0v) is 22.7. The van der Waals surface area contributed by atoms with Crippen LogP contribution < -0.4 is 9.80 Å². The lowest BCUT2D eigenvalue weighted by atomic mass is 10.0. The van der Waals surface area contributed by atoms with Crippen molar-refractivity contribution < 1.29 is 9.53 Å². The van der Waals surface area contributed by atoms with Gasteiger partial charge < -0.3 is 14.5 Å². The molecule has 0 radical (unpaired) electrons. The number of fused-ring (bicyclic) bond motifs is 1. The van der Waals surface area contributed by atoms with Gasteiger partial charge in [-0.2, -0.15) is 4.98 Å². The van der Waals surface area contributed by atoms with Gasteiger partial charge in [0.05, 0.1) is 6.61 Å². The Kier molecular flexibility index (Phi) is 9.93. The molecule has 0 aliphatic carbocycles. The summed E-state index contributed by atoms with van der Waals surface area (Å²) in [4.78, 5) is 26.1. The van der Waals surface area contributed by atoms with Crippen LogP contribution in [0, 0.1) is 27.7 Å². The van der Waals surface area contributed by atoms with Crippen LogP contribution in [-0.4, -0.2) is 42.2 Å². The number of anilines is 3. The number of hydrogen-bond donors (Lipinski definition) is 0. The zero-order valence-electron chi connectivity index (χ0n) is 22.7. The van der Waals surface area contributed by atoms with Gasteiger partial charge in [-0.05, 0) is 64.5 Å². The summed E-state index contributed by atoms with van der Waals surface area (Å²) in [5.41, 5.74) is 7.31. The number of ether oxygens (including phenoxy) is 1. The number of benzene rings is 1. The maximum Gasteiger partial charge on any atom is 0.302 e. The van der Waals surface area contributed by atoms with Crippen LogP contribution in [-0.2, 0) is 16.0 Å². The number of hydrogen-bond acceptors (Lipinski definition) is 6. The van der Waals surface area contributed by atoms with E-state index in [0.717, 1.165) is 56.4 Å². The second-order valence-corrected chi connectivity index (χ2v) is 10.0. The van der Waals surface area contributed by atoms with Crippen LogP contribution in [0.5, 0.6) is 0 Å². The molecule has 1 aromatic heterocycles. The first-order chi connectivity index (χ1) is 16.8. The first kappa shape index (κ1) is 27.0. The van der Waals surface area contributed by atoms with Crippen molar-refractivity contribution in [1.82, 2.24) is 9.97 Å². The minimum atomic E-state index is -0.223. The topological polar surface area (TPSA) is 58.6 Å². The van der Waals surface area contributed by atoms with Gasteiger partial charge in [-0.3, -0.25) is 4.79 Å². The van der Waals surface area contributed by atoms with E-state index in [2.05, 4.69) is 56.6 Å². The molecule has 0 atom stereocenters. The van der Waals surface area contributed by atoms with Crippen LogP contribution >= 0.6 is 0 Å². The molecule has 3 rings (SSSR count). The average molecular weight is 481 g/mol. The molecule has 0 N–H and O–H groups in total. The summed E-state index contributed by atoms with van der Waals surface area (Å²) in [6, 6.07) is 4.47. The highest BCUT2D eigenvalue weighted by molar-refractivity contribution is 5.68. The smallest absolute Gasteiger partial charge is 0.302 e. The monoisotopic (exact) mass is 480 g/mol. The third-order valence-corrected chi connectivity index (χ3v) is 6.87. The van der Waals surface area contributed by atoms with Gasteiger partial charge in [-0.1, -0.05) is 50.3 Å². The van der Waals surface area contributed by atoms with E-state index >= 15 is 0 Å². The summed E-state index contributed by atoms with van der Waals surface area (Å²) in [5, 5.41) is 0. The normalized spacial score (nSPS) is 12.7. The Balaban J connectivity index is 1.86. The van der Waals surface area contributed by atoms with Crippen molar-refractivity contribution in [2.24, 2.45) is 0 Å². The molecular formula is C29H44N4O2. The number of unbranched alkanes of at least 4 members (excludes halogenated alkanes) is 5. The fourth-order valence-corrected chi connectivity index (χ4v) is 5.22. The molecule has 0 amide bonds. The molecule has 0 saturated carbocycles. The molecule has 1 aliphatic rings. The Morgan fingerprint density at radius 1 is 1.00 bits per heavy atom. The van der Waals surface area contributed by atoms with E-state index in [9.17, 15) is 4.79 Å². The van der Waals surface area contributed by atoms with Gasteiger partial charge in [0.25, 0.3) is 0 Å². The van der Waals surface area contributed by atoms with Crippen molar-refractivity contribution in [2.75, 3.05) is 36.0 Å². The van der Waals surface area contributed by atoms with Crippen molar-refractivity contribution in [1.29, 1.82) is 0 Å². The van der Waals surface area contributed by atoms with Gasteiger partial charge in [-0.15, -0.1) is 0 Å². The number of nitrogens with zero attached hydrogens (tertiary/aromatic N) is 4. The van der Waals surface area contributed by atoms with E-state index in [-0.39, 0.29) is 5.97 Å². The van der Waals surface area contributed by atoms with Crippen LogP contribution in [0.3, 0.4) is 0 Å². The molecule has 6 heteroatoms. The van der Waals surface area contributed by atoms with Gasteiger partial charge in [-0.25, -0.2) is 4.98 Å². The molecule has 192 valence electrons. The number of rotatable bonds is 13. The Morgan fingerprint density at radius 2 is 1.71 bits per heavy atom. The molecule has 1 aromatic carbocycles. The fraction of sp³-hybridized carbons (Fsp3) is 0.621. The van der Waals surface area contributed by atoms with E-state index in [0.29, 0.717) is 6.61 Å². The highest BCUT2D eigenvalue weighted by Gasteiger charge is 2.26. The maximum absolute atomic E-state index is 11.2. The Labute approximate surface area is 212 Å². The molecule has 6 nitrogen and oxygen atoms in total. The standard InChI is InChI=1S/C29H44N4O2/c1-7-8-9-10-11-15-32-17-14-26-24(5)30-29(31-28(26)32)33(16-12-13-18-35-25(6)34)27-22(3)19-21(2)20-23(27)4/h19-20H,7-18H2,1-6H3. The van der Waals surface area contributed by atoms with Crippen LogP contribution in [0.1, 0.15) is 86.7 Å². The molecular weight excluding hydrogens is 436 g/mol. The molecule has 2 aromatic rings. The SMILES string of the molecule is CCCCCCCN1CCc2c(C)nc(N(CCCCOC(C)=O)c3c(C)cc(C)cc3C)nc21. The highest BCUT2D eigenvalue weighted by Crippen LogP contribution is 2.35. The summed E-state index contributed by atoms with van der Waals surface area (Å²) in [5.74, 6) is 1.68. The van der Waals surface area contributed by atoms with E-state index in [4.69, 9.17) is 14.7 Å². The molecule has 0 fully saturated rings. The van der Waals surface area contributed by atoms with Crippen LogP contribution in [0.2, 0.25) is 0 Å². The molecule has 0 bridgehead atoms. The summed E-state index contributed by atoms with van der Waals surface area (Å²) < 4.78 is 5.16. The molecule has 0 saturated heterocycles. The minimum Gasteiger partial charge on any atom is -0.466 e. The van der Waals surface area contributed by atoms with Crippen molar-refractivity contribution in [3.05, 3.63) is 40.1 Å². The predicted octanol–water partition coefficient (Wildman–Crippen LogP) is 6.52. The average Bonchev–Trinajstić information content (AvgIpc) is 3.20. The summed E-state index contributed by atoms with van der Waals surface area (Å²) in [6.45, 7) is 15.7. The zero-order chi connectivity index (χ0) is 25.4. The quantitative estimate of drug-likeness (QED) is 0.240. The number of carbonyl (C=O) groups excluding carboxylic acids is 1. The largest absolute Gasteiger partial charge is 0.466 e. The van der Waals surface area contributed by atoms with Crippen molar-refractivity contribution in [3.8, 4) is 0 Å². The van der Waals surface area contributed by atoms with E-state index < -0.39 is 0 Å². The highest BCUT2D eigenvalue weighted by atomic mass is 16.5. The number of esters is 1. The first-order valence-corrected chi connectivity index (χ1v) is 13.4. The second kappa shape index (κ2) is 12.9. The third kappa shape index (κ3) is 7.18. The fourth-order valence-electron chi connectivity index (χ4n) is 5.22. The van der Waals surface area contributed by atoms with Crippen molar-refractivity contribution in [2.45, 2.75) is 92.9 Å². The van der Waals surface area contributed by atoms with E-state index in [1.165, 1.54) is 67.0 Å². The maximum atomic E-state index is 11.2. The van der Waals surface area contributed by atoms with Gasteiger partial charge in [0.15, 0.2) is 0 Å². The Bertz CT molecular complexity index is 981. The van der Waals surface area contributed by atoms with Gasteiger partial charge in [0, 0.05) is 43.5 Å². The number of carbonyl (C=O) groups is 1. The van der Waals surface area contributed by atoms with Crippen molar-refractivity contribution in [3.63, 3.8) is 0 Å². The Hall–Kier alpha value is -2.63. The second-order valence-electron chi connectivity index (χ2n) is 10.0. The van der Waals surface area contributed by atoms with Gasteiger partial charge in [0.1, 0.15) is 5.82 Å². The molecule has 35 heavy (non-hydrogen) atoms. The summed E-state index contributed by atoms with van der Waals surface area (Å²) in [6.07, 6.45) is 9.15. The molecule has 0 unspecified atom stereocenters. The van der Waals surface area contributed by atoms with E-state index in [1.807, 2.05) is 0 Å². The van der Waals surface area contributed by atoms with Crippen LogP contribution in [0.15, 0.2) is 12.1 Å². The minimum absolute atomic E-state index is 0.223. The van der Waals surface area contributed by atoms with Crippen LogP contribution in [0.25, 0.3) is 0 Å². The van der Waals surface area contributed by atoms with Crippen molar-refractivity contribution >= 4 is 23.4 Å². The number of aryl methyl sites for hydroxylation is 4. The third-order valence-electron chi connectivity index (χ3n) is 6.87. The van der Waals surface area contributed by atoms with E-state index in [1.54, 1.807) is 0 Å². The molecule has 2 heterocycles. The summed E-state index contributed by atoms with van der Waals surface area (Å²) in [7, 11) is 0.